The van der Waals surface area contributed by atoms with Crippen molar-refractivity contribution in [2.75, 3.05) is 20.1 Å². The van der Waals surface area contributed by atoms with Gasteiger partial charge in [-0.25, -0.2) is 0 Å². The molecule has 0 aromatic heterocycles. The lowest BCUT2D eigenvalue weighted by molar-refractivity contribution is -0.123. The molecular weight excluding hydrogens is 188 g/mol. The minimum Gasteiger partial charge on any atom is -0.356 e. The molecule has 0 radical (unpaired) electrons. The van der Waals surface area contributed by atoms with Gasteiger partial charge in [0.25, 0.3) is 0 Å². The molecule has 3 heteroatoms. The third kappa shape index (κ3) is 2.17. The molecule has 0 atom stereocenters. The molecule has 1 rings (SSSR count). The zero-order chi connectivity index (χ0) is 11.7. The highest BCUT2D eigenvalue weighted by molar-refractivity contribution is 5.84. The number of carbonyl (C=O) groups excluding carboxylic acids is 1. The van der Waals surface area contributed by atoms with Crippen LogP contribution >= 0.6 is 0 Å². The van der Waals surface area contributed by atoms with Crippen LogP contribution in [0.3, 0.4) is 0 Å². The topological polar surface area (TPSA) is 41.1 Å². The largest absolute Gasteiger partial charge is 0.356 e. The van der Waals surface area contributed by atoms with Gasteiger partial charge in [0.2, 0.25) is 5.91 Å². The highest BCUT2D eigenvalue weighted by Crippen LogP contribution is 2.68. The SMILES string of the molecule is CNCCCNC(=O)C1C(C)(C)C1(C)C. The van der Waals surface area contributed by atoms with Gasteiger partial charge < -0.3 is 10.6 Å². The van der Waals surface area contributed by atoms with E-state index < -0.39 is 0 Å². The lowest BCUT2D eigenvalue weighted by atomic mass is 10.0. The first-order valence-corrected chi connectivity index (χ1v) is 5.78. The smallest absolute Gasteiger partial charge is 0.224 e. The Morgan fingerprint density at radius 3 is 2.07 bits per heavy atom. The van der Waals surface area contributed by atoms with E-state index in [-0.39, 0.29) is 22.7 Å². The van der Waals surface area contributed by atoms with Crippen LogP contribution in [0, 0.1) is 16.7 Å². The van der Waals surface area contributed by atoms with Crippen LogP contribution in [0.4, 0.5) is 0 Å². The van der Waals surface area contributed by atoms with Crippen molar-refractivity contribution in [3.05, 3.63) is 0 Å². The monoisotopic (exact) mass is 212 g/mol. The molecule has 0 aliphatic heterocycles. The summed E-state index contributed by atoms with van der Waals surface area (Å²) in [5.41, 5.74) is 0.306. The van der Waals surface area contributed by atoms with Crippen molar-refractivity contribution in [2.45, 2.75) is 34.1 Å². The molecule has 0 aromatic carbocycles. The normalized spacial score (nSPS) is 22.5. The minimum absolute atomic E-state index is 0.153. The van der Waals surface area contributed by atoms with E-state index in [2.05, 4.69) is 38.3 Å². The van der Waals surface area contributed by atoms with Crippen molar-refractivity contribution in [1.29, 1.82) is 0 Å². The second-order valence-corrected chi connectivity index (χ2v) is 5.62. The maximum atomic E-state index is 11.9. The quantitative estimate of drug-likeness (QED) is 0.676. The number of amides is 1. The molecule has 0 bridgehead atoms. The molecule has 15 heavy (non-hydrogen) atoms. The van der Waals surface area contributed by atoms with Crippen molar-refractivity contribution in [3.8, 4) is 0 Å². The molecule has 0 saturated heterocycles. The average molecular weight is 212 g/mol. The summed E-state index contributed by atoms with van der Waals surface area (Å²) in [5, 5.41) is 6.08. The van der Waals surface area contributed by atoms with Gasteiger partial charge in [0.1, 0.15) is 0 Å². The molecule has 0 aromatic rings. The maximum Gasteiger partial charge on any atom is 0.224 e. The lowest BCUT2D eigenvalue weighted by Gasteiger charge is -2.05. The van der Waals surface area contributed by atoms with E-state index in [0.717, 1.165) is 19.5 Å². The molecule has 1 fully saturated rings. The molecular formula is C12H24N2O. The predicted molar refractivity (Wildman–Crippen MR) is 62.6 cm³/mol. The number of hydrogen-bond acceptors (Lipinski definition) is 2. The molecule has 1 saturated carbocycles. The van der Waals surface area contributed by atoms with Gasteiger partial charge in [0, 0.05) is 12.5 Å². The number of nitrogens with one attached hydrogen (secondary N) is 2. The Bertz CT molecular complexity index is 232. The maximum absolute atomic E-state index is 11.9. The van der Waals surface area contributed by atoms with Crippen molar-refractivity contribution in [2.24, 2.45) is 16.7 Å². The van der Waals surface area contributed by atoms with Crippen molar-refractivity contribution in [3.63, 3.8) is 0 Å². The number of carbonyl (C=O) groups is 1. The van der Waals surface area contributed by atoms with E-state index in [1.165, 1.54) is 0 Å². The zero-order valence-electron chi connectivity index (χ0n) is 10.6. The van der Waals surface area contributed by atoms with E-state index in [4.69, 9.17) is 0 Å². The first-order valence-electron chi connectivity index (χ1n) is 5.78. The van der Waals surface area contributed by atoms with Crippen LogP contribution in [0.15, 0.2) is 0 Å². The van der Waals surface area contributed by atoms with Gasteiger partial charge in [-0.15, -0.1) is 0 Å². The molecule has 2 N–H and O–H groups in total. The van der Waals surface area contributed by atoms with Crippen LogP contribution < -0.4 is 10.6 Å². The van der Waals surface area contributed by atoms with Crippen LogP contribution in [0.5, 0.6) is 0 Å². The van der Waals surface area contributed by atoms with Crippen molar-refractivity contribution in [1.82, 2.24) is 10.6 Å². The lowest BCUT2D eigenvalue weighted by Crippen LogP contribution is -2.29. The van der Waals surface area contributed by atoms with Gasteiger partial charge in [-0.3, -0.25) is 4.79 Å². The Balaban J connectivity index is 2.32. The Morgan fingerprint density at radius 2 is 1.67 bits per heavy atom. The van der Waals surface area contributed by atoms with Crippen LogP contribution in [0.25, 0.3) is 0 Å². The minimum atomic E-state index is 0.153. The summed E-state index contributed by atoms with van der Waals surface area (Å²) >= 11 is 0. The summed E-state index contributed by atoms with van der Waals surface area (Å²) in [7, 11) is 1.93. The summed E-state index contributed by atoms with van der Waals surface area (Å²) in [6.07, 6.45) is 0.996. The predicted octanol–water partition coefficient (Wildman–Crippen LogP) is 1.39. The standard InChI is InChI=1S/C12H24N2O/c1-11(2)9(12(11,3)4)10(15)14-8-6-7-13-5/h9,13H,6-8H2,1-5H3,(H,14,15). The van der Waals surface area contributed by atoms with Crippen LogP contribution in [-0.2, 0) is 4.79 Å². The Hall–Kier alpha value is -0.570. The zero-order valence-corrected chi connectivity index (χ0v) is 10.6. The third-order valence-corrected chi connectivity index (χ3v) is 4.19. The molecule has 88 valence electrons. The van der Waals surface area contributed by atoms with Crippen LogP contribution in [0.1, 0.15) is 34.1 Å². The summed E-state index contributed by atoms with van der Waals surface area (Å²) < 4.78 is 0. The third-order valence-electron chi connectivity index (χ3n) is 4.19. The van der Waals surface area contributed by atoms with Crippen molar-refractivity contribution < 1.29 is 4.79 Å². The second kappa shape index (κ2) is 4.12. The summed E-state index contributed by atoms with van der Waals surface area (Å²) in [6, 6.07) is 0. The fourth-order valence-electron chi connectivity index (χ4n) is 2.43. The Morgan fingerprint density at radius 1 is 1.13 bits per heavy atom. The van der Waals surface area contributed by atoms with E-state index in [1.54, 1.807) is 0 Å². The van der Waals surface area contributed by atoms with E-state index in [1.807, 2.05) is 7.05 Å². The molecule has 0 heterocycles. The Kier molecular flexibility index (Phi) is 3.44. The molecule has 1 amide bonds. The second-order valence-electron chi connectivity index (χ2n) is 5.62. The first-order chi connectivity index (χ1) is 6.85. The van der Waals surface area contributed by atoms with E-state index >= 15 is 0 Å². The van der Waals surface area contributed by atoms with Gasteiger partial charge in [0.15, 0.2) is 0 Å². The average Bonchev–Trinajstić information content (AvgIpc) is 2.51. The Labute approximate surface area is 93.0 Å². The number of rotatable bonds is 5. The van der Waals surface area contributed by atoms with Crippen molar-refractivity contribution >= 4 is 5.91 Å². The summed E-state index contributed by atoms with van der Waals surface area (Å²) in [6.45, 7) is 10.4. The summed E-state index contributed by atoms with van der Waals surface area (Å²) in [5.74, 6) is 0.403. The van der Waals surface area contributed by atoms with Crippen LogP contribution in [-0.4, -0.2) is 26.0 Å². The summed E-state index contributed by atoms with van der Waals surface area (Å²) in [4.78, 5) is 11.9. The molecule has 1 aliphatic rings. The van der Waals surface area contributed by atoms with E-state index in [9.17, 15) is 4.79 Å². The van der Waals surface area contributed by atoms with Gasteiger partial charge in [-0.1, -0.05) is 27.7 Å². The van der Waals surface area contributed by atoms with E-state index in [0.29, 0.717) is 0 Å². The van der Waals surface area contributed by atoms with Gasteiger partial charge >= 0.3 is 0 Å². The molecule has 1 aliphatic carbocycles. The van der Waals surface area contributed by atoms with Crippen LogP contribution in [0.2, 0.25) is 0 Å². The molecule has 0 spiro atoms. The number of hydrogen-bond donors (Lipinski definition) is 2. The highest BCUT2D eigenvalue weighted by Gasteiger charge is 2.68. The first kappa shape index (κ1) is 12.5. The molecule has 0 unspecified atom stereocenters. The van der Waals surface area contributed by atoms with Gasteiger partial charge in [-0.05, 0) is 30.8 Å². The molecule has 3 nitrogen and oxygen atoms in total. The van der Waals surface area contributed by atoms with Gasteiger partial charge in [0.05, 0.1) is 0 Å². The van der Waals surface area contributed by atoms with Gasteiger partial charge in [-0.2, -0.15) is 0 Å². The highest BCUT2D eigenvalue weighted by atomic mass is 16.2. The fourth-order valence-corrected chi connectivity index (χ4v) is 2.43. The fraction of sp³-hybridized carbons (Fsp3) is 0.917.